The Morgan fingerprint density at radius 3 is 2.48 bits per heavy atom. The maximum Gasteiger partial charge on any atom is 0.221 e. The smallest absolute Gasteiger partial charge is 0.221 e. The Labute approximate surface area is 157 Å². The van der Waals surface area contributed by atoms with Crippen molar-refractivity contribution in [3.63, 3.8) is 0 Å². The fourth-order valence-corrected chi connectivity index (χ4v) is 4.01. The third-order valence-corrected chi connectivity index (χ3v) is 5.57. The van der Waals surface area contributed by atoms with E-state index in [-0.39, 0.29) is 11.7 Å². The molecule has 5 nitrogen and oxygen atoms in total. The van der Waals surface area contributed by atoms with E-state index in [9.17, 15) is 13.2 Å². The van der Waals surface area contributed by atoms with Crippen LogP contribution in [0.2, 0.25) is 10.0 Å². The predicted octanol–water partition coefficient (Wildman–Crippen LogP) is 4.13. The number of nitrogens with one attached hydrogen (secondary N) is 2. The molecular weight excluding hydrogens is 383 g/mol. The summed E-state index contributed by atoms with van der Waals surface area (Å²) in [6, 6.07) is 11.3. The van der Waals surface area contributed by atoms with Crippen molar-refractivity contribution in [1.82, 2.24) is 4.72 Å². The van der Waals surface area contributed by atoms with E-state index in [1.807, 2.05) is 0 Å². The van der Waals surface area contributed by atoms with Gasteiger partial charge in [-0.1, -0.05) is 41.4 Å². The third-order valence-electron chi connectivity index (χ3n) is 3.40. The van der Waals surface area contributed by atoms with E-state index in [1.165, 1.54) is 13.0 Å². The summed E-state index contributed by atoms with van der Waals surface area (Å²) in [6.45, 7) is 3.15. The van der Waals surface area contributed by atoms with Gasteiger partial charge in [0.25, 0.3) is 0 Å². The number of anilines is 1. The van der Waals surface area contributed by atoms with Crippen LogP contribution in [-0.2, 0) is 20.6 Å². The van der Waals surface area contributed by atoms with Crippen molar-refractivity contribution in [1.29, 1.82) is 0 Å². The normalized spacial score (nSPS) is 12.6. The van der Waals surface area contributed by atoms with Crippen LogP contribution in [-0.4, -0.2) is 14.3 Å². The molecule has 0 bridgehead atoms. The van der Waals surface area contributed by atoms with Gasteiger partial charge in [-0.15, -0.1) is 0 Å². The first-order valence-electron chi connectivity index (χ1n) is 7.48. The molecule has 0 radical (unpaired) electrons. The van der Waals surface area contributed by atoms with E-state index in [0.717, 1.165) is 5.56 Å². The van der Waals surface area contributed by atoms with E-state index in [4.69, 9.17) is 23.2 Å². The summed E-state index contributed by atoms with van der Waals surface area (Å²) in [5.74, 6) is -0.399. The zero-order chi connectivity index (χ0) is 18.6. The van der Waals surface area contributed by atoms with Gasteiger partial charge in [-0.25, -0.2) is 13.1 Å². The van der Waals surface area contributed by atoms with Crippen LogP contribution >= 0.6 is 23.2 Å². The molecular formula is C17H18Cl2N2O3S. The van der Waals surface area contributed by atoms with Gasteiger partial charge in [0.2, 0.25) is 15.9 Å². The number of hydrogen-bond donors (Lipinski definition) is 2. The Morgan fingerprint density at radius 1 is 1.12 bits per heavy atom. The van der Waals surface area contributed by atoms with Gasteiger partial charge in [0, 0.05) is 18.7 Å². The zero-order valence-electron chi connectivity index (χ0n) is 13.7. The van der Waals surface area contributed by atoms with E-state index in [1.54, 1.807) is 43.3 Å². The van der Waals surface area contributed by atoms with Crippen LogP contribution in [0.1, 0.15) is 31.0 Å². The molecule has 0 heterocycles. The lowest BCUT2D eigenvalue weighted by Gasteiger charge is -2.16. The molecule has 1 atom stereocenters. The highest BCUT2D eigenvalue weighted by molar-refractivity contribution is 7.88. The zero-order valence-corrected chi connectivity index (χ0v) is 16.0. The Hall–Kier alpha value is -1.60. The van der Waals surface area contributed by atoms with E-state index in [0.29, 0.717) is 21.3 Å². The third kappa shape index (κ3) is 6.01. The van der Waals surface area contributed by atoms with Crippen LogP contribution < -0.4 is 10.0 Å². The molecule has 1 unspecified atom stereocenters. The molecule has 0 spiro atoms. The highest BCUT2D eigenvalue weighted by atomic mass is 35.5. The van der Waals surface area contributed by atoms with Gasteiger partial charge in [0.15, 0.2) is 0 Å². The summed E-state index contributed by atoms with van der Waals surface area (Å²) in [4.78, 5) is 11.1. The Bertz CT molecular complexity index is 885. The largest absolute Gasteiger partial charge is 0.326 e. The van der Waals surface area contributed by atoms with Crippen molar-refractivity contribution >= 4 is 44.8 Å². The van der Waals surface area contributed by atoms with Crippen molar-refractivity contribution in [2.24, 2.45) is 0 Å². The minimum Gasteiger partial charge on any atom is -0.326 e. The topological polar surface area (TPSA) is 75.3 Å². The summed E-state index contributed by atoms with van der Waals surface area (Å²) in [5, 5.41) is 3.36. The first-order chi connectivity index (χ1) is 11.7. The molecule has 0 aliphatic heterocycles. The van der Waals surface area contributed by atoms with Gasteiger partial charge < -0.3 is 5.32 Å². The summed E-state index contributed by atoms with van der Waals surface area (Å²) in [6.07, 6.45) is 0. The number of carbonyl (C=O) groups excluding carboxylic acids is 1. The molecule has 2 N–H and O–H groups in total. The average molecular weight is 401 g/mol. The summed E-state index contributed by atoms with van der Waals surface area (Å²) < 4.78 is 27.4. The lowest BCUT2D eigenvalue weighted by atomic mass is 10.1. The molecule has 0 saturated carbocycles. The monoisotopic (exact) mass is 400 g/mol. The molecule has 1 amide bonds. The first-order valence-corrected chi connectivity index (χ1v) is 9.88. The number of sulfonamides is 1. The predicted molar refractivity (Wildman–Crippen MR) is 101 cm³/mol. The number of hydrogen-bond acceptors (Lipinski definition) is 3. The molecule has 2 rings (SSSR count). The SMILES string of the molecule is CC(=O)Nc1cccc(C(C)NS(=O)(=O)Cc2ccc(Cl)c(Cl)c2)c1. The second kappa shape index (κ2) is 8.19. The molecule has 0 aliphatic rings. The molecule has 134 valence electrons. The summed E-state index contributed by atoms with van der Waals surface area (Å²) >= 11 is 11.8. The van der Waals surface area contributed by atoms with Crippen LogP contribution in [0.25, 0.3) is 0 Å². The standard InChI is InChI=1S/C17H18Cl2N2O3S/c1-11(14-4-3-5-15(9-14)20-12(2)22)21-25(23,24)10-13-6-7-16(18)17(19)8-13/h3-9,11,21H,10H2,1-2H3,(H,20,22). The van der Waals surface area contributed by atoms with E-state index in [2.05, 4.69) is 10.0 Å². The molecule has 2 aromatic rings. The van der Waals surface area contributed by atoms with Gasteiger partial charge in [-0.3, -0.25) is 4.79 Å². The molecule has 0 aromatic heterocycles. The van der Waals surface area contributed by atoms with Crippen molar-refractivity contribution in [2.75, 3.05) is 5.32 Å². The van der Waals surface area contributed by atoms with Gasteiger partial charge >= 0.3 is 0 Å². The Kier molecular flexibility index (Phi) is 6.46. The molecule has 0 saturated heterocycles. The fraction of sp³-hybridized carbons (Fsp3) is 0.235. The maximum atomic E-state index is 12.4. The number of amides is 1. The minimum absolute atomic E-state index is 0.190. The highest BCUT2D eigenvalue weighted by Gasteiger charge is 2.17. The lowest BCUT2D eigenvalue weighted by Crippen LogP contribution is -2.28. The van der Waals surface area contributed by atoms with Gasteiger partial charge in [0.05, 0.1) is 15.8 Å². The van der Waals surface area contributed by atoms with Crippen molar-refractivity contribution in [3.8, 4) is 0 Å². The van der Waals surface area contributed by atoms with Crippen LogP contribution in [0.5, 0.6) is 0 Å². The molecule has 25 heavy (non-hydrogen) atoms. The number of rotatable bonds is 6. The van der Waals surface area contributed by atoms with Crippen molar-refractivity contribution < 1.29 is 13.2 Å². The minimum atomic E-state index is -3.59. The number of halogens is 2. The van der Waals surface area contributed by atoms with Gasteiger partial charge in [-0.2, -0.15) is 0 Å². The Morgan fingerprint density at radius 2 is 1.84 bits per heavy atom. The highest BCUT2D eigenvalue weighted by Crippen LogP contribution is 2.24. The number of benzene rings is 2. The Balaban J connectivity index is 2.11. The van der Waals surface area contributed by atoms with E-state index >= 15 is 0 Å². The molecule has 0 aliphatic carbocycles. The second-order valence-corrected chi connectivity index (χ2v) is 8.22. The fourth-order valence-electron chi connectivity index (χ4n) is 2.32. The van der Waals surface area contributed by atoms with Crippen LogP contribution in [0, 0.1) is 0 Å². The van der Waals surface area contributed by atoms with Gasteiger partial charge in [-0.05, 0) is 42.3 Å². The first kappa shape index (κ1) is 19.7. The molecule has 0 fully saturated rings. The quantitative estimate of drug-likeness (QED) is 0.764. The van der Waals surface area contributed by atoms with Crippen LogP contribution in [0.15, 0.2) is 42.5 Å². The summed E-state index contributed by atoms with van der Waals surface area (Å²) in [7, 11) is -3.59. The van der Waals surface area contributed by atoms with E-state index < -0.39 is 16.1 Å². The van der Waals surface area contributed by atoms with Crippen molar-refractivity contribution in [3.05, 3.63) is 63.6 Å². The number of carbonyl (C=O) groups is 1. The van der Waals surface area contributed by atoms with Crippen LogP contribution in [0.4, 0.5) is 5.69 Å². The van der Waals surface area contributed by atoms with Crippen molar-refractivity contribution in [2.45, 2.75) is 25.6 Å². The van der Waals surface area contributed by atoms with Crippen LogP contribution in [0.3, 0.4) is 0 Å². The lowest BCUT2D eigenvalue weighted by molar-refractivity contribution is -0.114. The average Bonchev–Trinajstić information content (AvgIpc) is 2.50. The summed E-state index contributed by atoms with van der Waals surface area (Å²) in [5.41, 5.74) is 1.89. The molecule has 8 heteroatoms. The second-order valence-electron chi connectivity index (χ2n) is 5.65. The van der Waals surface area contributed by atoms with Gasteiger partial charge in [0.1, 0.15) is 0 Å². The maximum absolute atomic E-state index is 12.4. The molecule has 2 aromatic carbocycles.